The first-order chi connectivity index (χ1) is 9.77. The molecule has 0 amide bonds. The number of Topliss-reactive ketones (excluding diaryl/α,β-unsaturated/α-hetero) is 1. The summed E-state index contributed by atoms with van der Waals surface area (Å²) in [4.78, 5) is 10.7. The molecular formula is C18H32OS. The normalized spacial score (nSPS) is 29.6. The predicted molar refractivity (Wildman–Crippen MR) is 89.4 cm³/mol. The molecule has 3 saturated carbocycles. The molecule has 3 aliphatic carbocycles. The van der Waals surface area contributed by atoms with Gasteiger partial charge in [0.2, 0.25) is 0 Å². The van der Waals surface area contributed by atoms with Gasteiger partial charge in [0.15, 0.2) is 0 Å². The Labute approximate surface area is 130 Å². The van der Waals surface area contributed by atoms with Crippen LogP contribution in [0.4, 0.5) is 0 Å². The monoisotopic (exact) mass is 296 g/mol. The number of ketones is 1. The SMILES string of the molecule is C1CCC(C2CCCCC2)CC1.O=C1CCCCC1S. The summed E-state index contributed by atoms with van der Waals surface area (Å²) in [6.07, 6.45) is 19.4. The summed E-state index contributed by atoms with van der Waals surface area (Å²) in [7, 11) is 0. The van der Waals surface area contributed by atoms with Crippen molar-refractivity contribution >= 4 is 18.4 Å². The van der Waals surface area contributed by atoms with E-state index in [1.807, 2.05) is 0 Å². The quantitative estimate of drug-likeness (QED) is 0.625. The lowest BCUT2D eigenvalue weighted by Gasteiger charge is -2.32. The van der Waals surface area contributed by atoms with E-state index in [0.717, 1.165) is 31.1 Å². The third kappa shape index (κ3) is 5.42. The van der Waals surface area contributed by atoms with Gasteiger partial charge in [0, 0.05) is 6.42 Å². The summed E-state index contributed by atoms with van der Waals surface area (Å²) in [5.74, 6) is 2.61. The zero-order chi connectivity index (χ0) is 14.2. The maximum Gasteiger partial charge on any atom is 0.145 e. The van der Waals surface area contributed by atoms with Gasteiger partial charge in [0.25, 0.3) is 0 Å². The van der Waals surface area contributed by atoms with E-state index >= 15 is 0 Å². The van der Waals surface area contributed by atoms with Gasteiger partial charge in [-0.3, -0.25) is 4.79 Å². The first-order valence-electron chi connectivity index (χ1n) is 8.98. The third-order valence-electron chi connectivity index (χ3n) is 5.49. The molecule has 0 aromatic carbocycles. The lowest BCUT2D eigenvalue weighted by Crippen LogP contribution is -2.20. The van der Waals surface area contributed by atoms with Gasteiger partial charge < -0.3 is 0 Å². The van der Waals surface area contributed by atoms with Gasteiger partial charge >= 0.3 is 0 Å². The van der Waals surface area contributed by atoms with Crippen molar-refractivity contribution in [3.05, 3.63) is 0 Å². The first-order valence-corrected chi connectivity index (χ1v) is 9.50. The van der Waals surface area contributed by atoms with E-state index in [4.69, 9.17) is 0 Å². The smallest absolute Gasteiger partial charge is 0.145 e. The number of thiol groups is 1. The molecular weight excluding hydrogens is 264 g/mol. The molecule has 1 unspecified atom stereocenters. The maximum atomic E-state index is 10.7. The Kier molecular flexibility index (Phi) is 7.48. The summed E-state index contributed by atoms with van der Waals surface area (Å²) in [6, 6.07) is 0. The van der Waals surface area contributed by atoms with Crippen LogP contribution in [0, 0.1) is 11.8 Å². The van der Waals surface area contributed by atoms with Gasteiger partial charge in [-0.1, -0.05) is 70.6 Å². The Morgan fingerprint density at radius 2 is 1.10 bits per heavy atom. The highest BCUT2D eigenvalue weighted by Crippen LogP contribution is 2.37. The summed E-state index contributed by atoms with van der Waals surface area (Å²) in [5, 5.41) is 0.0590. The number of hydrogen-bond donors (Lipinski definition) is 1. The van der Waals surface area contributed by atoms with E-state index in [1.165, 1.54) is 44.9 Å². The van der Waals surface area contributed by atoms with Crippen molar-refractivity contribution in [2.45, 2.75) is 95.1 Å². The van der Waals surface area contributed by atoms with Gasteiger partial charge in [0.05, 0.1) is 5.25 Å². The first kappa shape index (κ1) is 16.4. The Hall–Kier alpha value is 0.0200. The third-order valence-corrected chi connectivity index (χ3v) is 6.03. The van der Waals surface area contributed by atoms with Crippen molar-refractivity contribution < 1.29 is 4.79 Å². The van der Waals surface area contributed by atoms with Gasteiger partial charge in [-0.05, 0) is 24.7 Å². The van der Waals surface area contributed by atoms with Crippen LogP contribution in [0.2, 0.25) is 0 Å². The fourth-order valence-electron chi connectivity index (χ4n) is 4.18. The van der Waals surface area contributed by atoms with Crippen molar-refractivity contribution in [3.63, 3.8) is 0 Å². The Morgan fingerprint density at radius 3 is 1.45 bits per heavy atom. The molecule has 0 bridgehead atoms. The molecule has 2 heteroatoms. The number of rotatable bonds is 1. The molecule has 0 saturated heterocycles. The van der Waals surface area contributed by atoms with Crippen LogP contribution in [-0.4, -0.2) is 11.0 Å². The minimum absolute atomic E-state index is 0.0590. The molecule has 0 aromatic heterocycles. The molecule has 1 nitrogen and oxygen atoms in total. The second-order valence-electron chi connectivity index (χ2n) is 7.02. The Morgan fingerprint density at radius 1 is 0.650 bits per heavy atom. The standard InChI is InChI=1S/C12H22.C6H10OS/c1-3-7-11(8-4-1)12-9-5-2-6-10-12;7-5-3-1-2-4-6(5)8/h11-12H,1-10H2;6,8H,1-4H2. The molecule has 0 heterocycles. The molecule has 116 valence electrons. The second kappa shape index (κ2) is 9.12. The number of carbonyl (C=O) groups excluding carboxylic acids is 1. The van der Waals surface area contributed by atoms with Crippen molar-refractivity contribution in [2.24, 2.45) is 11.8 Å². The van der Waals surface area contributed by atoms with Gasteiger partial charge in [-0.2, -0.15) is 12.6 Å². The lowest BCUT2D eigenvalue weighted by molar-refractivity contribution is -0.119. The fraction of sp³-hybridized carbons (Fsp3) is 0.944. The summed E-state index contributed by atoms with van der Waals surface area (Å²) in [6.45, 7) is 0. The van der Waals surface area contributed by atoms with E-state index in [-0.39, 0.29) is 5.25 Å². The van der Waals surface area contributed by atoms with E-state index in [0.29, 0.717) is 5.78 Å². The molecule has 0 aromatic rings. The predicted octanol–water partition coefficient (Wildman–Crippen LogP) is 5.57. The lowest BCUT2D eigenvalue weighted by atomic mass is 9.73. The second-order valence-corrected chi connectivity index (χ2v) is 7.65. The largest absolute Gasteiger partial charge is 0.298 e. The molecule has 20 heavy (non-hydrogen) atoms. The molecule has 3 aliphatic rings. The van der Waals surface area contributed by atoms with Gasteiger partial charge in [-0.15, -0.1) is 0 Å². The van der Waals surface area contributed by atoms with E-state index in [9.17, 15) is 4.79 Å². The highest BCUT2D eigenvalue weighted by Gasteiger charge is 2.24. The van der Waals surface area contributed by atoms with Crippen molar-refractivity contribution in [3.8, 4) is 0 Å². The molecule has 0 N–H and O–H groups in total. The van der Waals surface area contributed by atoms with Crippen LogP contribution >= 0.6 is 12.6 Å². The number of hydrogen-bond acceptors (Lipinski definition) is 2. The molecule has 3 rings (SSSR count). The van der Waals surface area contributed by atoms with E-state index in [2.05, 4.69) is 12.6 Å². The van der Waals surface area contributed by atoms with Crippen LogP contribution in [-0.2, 0) is 4.79 Å². The molecule has 0 aliphatic heterocycles. The summed E-state index contributed by atoms with van der Waals surface area (Å²) in [5.41, 5.74) is 0. The molecule has 3 fully saturated rings. The van der Waals surface area contributed by atoms with Crippen LogP contribution in [0.5, 0.6) is 0 Å². The van der Waals surface area contributed by atoms with Crippen molar-refractivity contribution in [2.75, 3.05) is 0 Å². The van der Waals surface area contributed by atoms with Gasteiger partial charge in [-0.25, -0.2) is 0 Å². The fourth-order valence-corrected chi connectivity index (χ4v) is 4.49. The van der Waals surface area contributed by atoms with E-state index < -0.39 is 0 Å². The Bertz CT molecular complexity index is 261. The summed E-state index contributed by atoms with van der Waals surface area (Å²) < 4.78 is 0. The minimum atomic E-state index is 0.0590. The number of carbonyl (C=O) groups is 1. The Balaban J connectivity index is 0.000000160. The van der Waals surface area contributed by atoms with Crippen LogP contribution < -0.4 is 0 Å². The minimum Gasteiger partial charge on any atom is -0.298 e. The summed E-state index contributed by atoms with van der Waals surface area (Å²) >= 11 is 4.11. The van der Waals surface area contributed by atoms with E-state index in [1.54, 1.807) is 25.7 Å². The van der Waals surface area contributed by atoms with Crippen LogP contribution in [0.3, 0.4) is 0 Å². The average molecular weight is 297 g/mol. The topological polar surface area (TPSA) is 17.1 Å². The van der Waals surface area contributed by atoms with Crippen LogP contribution in [0.15, 0.2) is 0 Å². The van der Waals surface area contributed by atoms with Crippen molar-refractivity contribution in [1.29, 1.82) is 0 Å². The highest BCUT2D eigenvalue weighted by atomic mass is 32.1. The maximum absolute atomic E-state index is 10.7. The molecule has 0 spiro atoms. The highest BCUT2D eigenvalue weighted by molar-refractivity contribution is 7.81. The van der Waals surface area contributed by atoms with Crippen LogP contribution in [0.25, 0.3) is 0 Å². The van der Waals surface area contributed by atoms with Crippen molar-refractivity contribution in [1.82, 2.24) is 0 Å². The zero-order valence-corrected chi connectivity index (χ0v) is 13.9. The average Bonchev–Trinajstić information content (AvgIpc) is 2.53. The molecule has 0 radical (unpaired) electrons. The van der Waals surface area contributed by atoms with Gasteiger partial charge in [0.1, 0.15) is 5.78 Å². The zero-order valence-electron chi connectivity index (χ0n) is 13.0. The molecule has 1 atom stereocenters. The van der Waals surface area contributed by atoms with Crippen LogP contribution in [0.1, 0.15) is 89.9 Å².